The Hall–Kier alpha value is -2.24. The van der Waals surface area contributed by atoms with Crippen LogP contribution in [0, 0.1) is 5.82 Å². The van der Waals surface area contributed by atoms with Crippen LogP contribution in [0.3, 0.4) is 0 Å². The van der Waals surface area contributed by atoms with Gasteiger partial charge in [0.2, 0.25) is 0 Å². The predicted molar refractivity (Wildman–Crippen MR) is 100 cm³/mol. The van der Waals surface area contributed by atoms with Crippen molar-refractivity contribution in [2.75, 3.05) is 19.6 Å². The van der Waals surface area contributed by atoms with Crippen LogP contribution in [0.4, 0.5) is 4.39 Å². The molecule has 0 spiro atoms. The van der Waals surface area contributed by atoms with Crippen molar-refractivity contribution in [2.24, 2.45) is 7.05 Å². The second kappa shape index (κ2) is 7.17. The van der Waals surface area contributed by atoms with Crippen molar-refractivity contribution in [2.45, 2.75) is 24.9 Å². The Labute approximate surface area is 152 Å². The van der Waals surface area contributed by atoms with E-state index in [2.05, 4.69) is 10.00 Å². The first-order chi connectivity index (χ1) is 12.6. The van der Waals surface area contributed by atoms with Crippen molar-refractivity contribution in [3.8, 4) is 0 Å². The molecule has 1 aromatic heterocycles. The van der Waals surface area contributed by atoms with Crippen molar-refractivity contribution in [1.82, 2.24) is 14.7 Å². The van der Waals surface area contributed by atoms with E-state index in [1.807, 2.05) is 43.4 Å². The third-order valence-corrected chi connectivity index (χ3v) is 5.43. The van der Waals surface area contributed by atoms with E-state index in [-0.39, 0.29) is 5.82 Å². The van der Waals surface area contributed by atoms with E-state index in [1.165, 1.54) is 6.07 Å². The fourth-order valence-electron chi connectivity index (χ4n) is 3.97. The minimum atomic E-state index is -0.452. The van der Waals surface area contributed by atoms with Crippen molar-refractivity contribution in [1.29, 1.82) is 0 Å². The summed E-state index contributed by atoms with van der Waals surface area (Å²) in [6.07, 6.45) is 1.56. The number of aliphatic hydroxyl groups is 1. The molecule has 0 saturated carbocycles. The number of likely N-dealkylation sites (tertiary alicyclic amines) is 1. The van der Waals surface area contributed by atoms with Gasteiger partial charge >= 0.3 is 0 Å². The molecule has 1 saturated heterocycles. The Balaban J connectivity index is 1.43. The molecule has 1 unspecified atom stereocenters. The highest BCUT2D eigenvalue weighted by atomic mass is 19.1. The summed E-state index contributed by atoms with van der Waals surface area (Å²) in [6, 6.07) is 14.7. The molecular formula is C21H24FN3O. The lowest BCUT2D eigenvalue weighted by Gasteiger charge is -2.32. The quantitative estimate of drug-likeness (QED) is 0.779. The summed E-state index contributed by atoms with van der Waals surface area (Å²) in [5, 5.41) is 16.2. The van der Waals surface area contributed by atoms with Crippen LogP contribution in [-0.4, -0.2) is 39.4 Å². The van der Waals surface area contributed by atoms with Crippen molar-refractivity contribution < 1.29 is 9.50 Å². The summed E-state index contributed by atoms with van der Waals surface area (Å²) >= 11 is 0. The van der Waals surface area contributed by atoms with Gasteiger partial charge in [-0.1, -0.05) is 30.3 Å². The minimum absolute atomic E-state index is 0.225. The lowest BCUT2D eigenvalue weighted by atomic mass is 9.91. The van der Waals surface area contributed by atoms with Gasteiger partial charge in [-0.05, 0) is 49.7 Å². The van der Waals surface area contributed by atoms with Crippen LogP contribution in [-0.2, 0) is 7.05 Å². The molecular weight excluding hydrogens is 329 g/mol. The molecule has 4 rings (SSSR count). The van der Waals surface area contributed by atoms with Crippen LogP contribution in [0.25, 0.3) is 10.9 Å². The number of nitrogens with zero attached hydrogens (tertiary/aromatic N) is 3. The van der Waals surface area contributed by atoms with E-state index in [9.17, 15) is 9.50 Å². The lowest BCUT2D eigenvalue weighted by Crippen LogP contribution is -2.36. The molecule has 136 valence electrons. The molecule has 4 nitrogen and oxygen atoms in total. The van der Waals surface area contributed by atoms with Crippen LogP contribution in [0.1, 0.15) is 36.1 Å². The smallest absolute Gasteiger partial charge is 0.125 e. The Kier molecular flexibility index (Phi) is 4.74. The molecule has 3 aromatic rings. The Morgan fingerprint density at radius 2 is 1.88 bits per heavy atom. The van der Waals surface area contributed by atoms with Crippen LogP contribution in [0.5, 0.6) is 0 Å². The monoisotopic (exact) mass is 353 g/mol. The number of piperidine rings is 1. The van der Waals surface area contributed by atoms with E-state index < -0.39 is 6.10 Å². The van der Waals surface area contributed by atoms with Gasteiger partial charge in [-0.2, -0.15) is 5.10 Å². The molecule has 0 radical (unpaired) electrons. The zero-order valence-electron chi connectivity index (χ0n) is 15.0. The average molecular weight is 353 g/mol. The number of rotatable bonds is 4. The van der Waals surface area contributed by atoms with Crippen LogP contribution in [0.15, 0.2) is 48.5 Å². The van der Waals surface area contributed by atoms with Crippen LogP contribution >= 0.6 is 0 Å². The third kappa shape index (κ3) is 3.37. The number of hydrogen-bond donors (Lipinski definition) is 1. The predicted octanol–water partition coefficient (Wildman–Crippen LogP) is 3.63. The molecule has 0 amide bonds. The zero-order chi connectivity index (χ0) is 18.1. The molecule has 2 heterocycles. The highest BCUT2D eigenvalue weighted by Crippen LogP contribution is 2.33. The first-order valence-corrected chi connectivity index (χ1v) is 9.19. The topological polar surface area (TPSA) is 41.3 Å². The molecule has 0 bridgehead atoms. The first-order valence-electron chi connectivity index (χ1n) is 9.19. The highest BCUT2D eigenvalue weighted by molar-refractivity contribution is 5.82. The molecule has 1 fully saturated rings. The van der Waals surface area contributed by atoms with Crippen molar-refractivity contribution >= 4 is 10.9 Å². The first kappa shape index (κ1) is 17.2. The molecule has 5 heteroatoms. The lowest BCUT2D eigenvalue weighted by molar-refractivity contribution is 0.0970. The van der Waals surface area contributed by atoms with Gasteiger partial charge in [0.05, 0.1) is 17.3 Å². The summed E-state index contributed by atoms with van der Waals surface area (Å²) in [5.41, 5.74) is 2.89. The zero-order valence-corrected chi connectivity index (χ0v) is 15.0. The normalized spacial score (nSPS) is 17.7. The fourth-order valence-corrected chi connectivity index (χ4v) is 3.97. The van der Waals surface area contributed by atoms with E-state index >= 15 is 0 Å². The number of halogens is 1. The summed E-state index contributed by atoms with van der Waals surface area (Å²) in [6.45, 7) is 2.53. The number of β-amino-alcohol motifs (C(OH)–C–C–N with tert-alkyl or cyclic N) is 1. The van der Waals surface area contributed by atoms with E-state index in [1.54, 1.807) is 10.7 Å². The Bertz CT molecular complexity index is 885. The van der Waals surface area contributed by atoms with E-state index in [0.717, 1.165) is 48.1 Å². The second-order valence-electron chi connectivity index (χ2n) is 7.17. The summed E-state index contributed by atoms with van der Waals surface area (Å²) in [7, 11) is 1.87. The van der Waals surface area contributed by atoms with Crippen molar-refractivity contribution in [3.63, 3.8) is 0 Å². The van der Waals surface area contributed by atoms with Gasteiger partial charge in [0.25, 0.3) is 0 Å². The van der Waals surface area contributed by atoms with Gasteiger partial charge in [-0.15, -0.1) is 0 Å². The third-order valence-electron chi connectivity index (χ3n) is 5.43. The standard InChI is InChI=1S/C21H24FN3O/c1-24-19-13-17(22)7-8-18(19)21(23-24)16-9-11-25(12-10-16)14-20(26)15-5-3-2-4-6-15/h2-8,13,16,20,26H,9-12,14H2,1H3. The maximum atomic E-state index is 13.5. The molecule has 1 N–H and O–H groups in total. The molecule has 1 aliphatic rings. The largest absolute Gasteiger partial charge is 0.387 e. The number of aromatic nitrogens is 2. The molecule has 2 aromatic carbocycles. The molecule has 0 aliphatic carbocycles. The Morgan fingerprint density at radius 1 is 1.15 bits per heavy atom. The van der Waals surface area contributed by atoms with Gasteiger partial charge in [0.1, 0.15) is 5.82 Å². The summed E-state index contributed by atoms with van der Waals surface area (Å²) in [5.74, 6) is 0.158. The number of hydrogen-bond acceptors (Lipinski definition) is 3. The minimum Gasteiger partial charge on any atom is -0.387 e. The highest BCUT2D eigenvalue weighted by Gasteiger charge is 2.26. The van der Waals surface area contributed by atoms with Crippen LogP contribution < -0.4 is 0 Å². The Morgan fingerprint density at radius 3 is 2.62 bits per heavy atom. The maximum Gasteiger partial charge on any atom is 0.125 e. The fraction of sp³-hybridized carbons (Fsp3) is 0.381. The second-order valence-corrected chi connectivity index (χ2v) is 7.17. The van der Waals surface area contributed by atoms with Crippen LogP contribution in [0.2, 0.25) is 0 Å². The van der Waals surface area contributed by atoms with Crippen molar-refractivity contribution in [3.05, 3.63) is 65.6 Å². The molecule has 1 atom stereocenters. The number of aryl methyl sites for hydroxylation is 1. The number of fused-ring (bicyclic) bond motifs is 1. The summed E-state index contributed by atoms with van der Waals surface area (Å²) in [4.78, 5) is 2.32. The molecule has 26 heavy (non-hydrogen) atoms. The average Bonchev–Trinajstić information content (AvgIpc) is 2.99. The molecule has 1 aliphatic heterocycles. The van der Waals surface area contributed by atoms with Gasteiger partial charge in [0, 0.05) is 24.9 Å². The van der Waals surface area contributed by atoms with Gasteiger partial charge in [-0.25, -0.2) is 4.39 Å². The number of benzene rings is 2. The van der Waals surface area contributed by atoms with E-state index in [4.69, 9.17) is 0 Å². The summed E-state index contributed by atoms with van der Waals surface area (Å²) < 4.78 is 15.3. The van der Waals surface area contributed by atoms with Gasteiger partial charge < -0.3 is 10.0 Å². The number of aliphatic hydroxyl groups excluding tert-OH is 1. The SMILES string of the molecule is Cn1nc(C2CCN(CC(O)c3ccccc3)CC2)c2ccc(F)cc21. The van der Waals surface area contributed by atoms with Gasteiger partial charge in [0.15, 0.2) is 0 Å². The van der Waals surface area contributed by atoms with Gasteiger partial charge in [-0.3, -0.25) is 4.68 Å². The maximum absolute atomic E-state index is 13.5. The van der Waals surface area contributed by atoms with E-state index in [0.29, 0.717) is 12.5 Å².